The number of benzene rings is 1. The van der Waals surface area contributed by atoms with E-state index in [1.165, 1.54) is 0 Å². The molecular weight excluding hydrogens is 216 g/mol. The number of rotatable bonds is 5. The third-order valence-electron chi connectivity index (χ3n) is 2.87. The van der Waals surface area contributed by atoms with Gasteiger partial charge in [-0.25, -0.2) is 0 Å². The van der Waals surface area contributed by atoms with E-state index in [0.717, 1.165) is 19.3 Å². The van der Waals surface area contributed by atoms with E-state index in [2.05, 4.69) is 6.92 Å². The van der Waals surface area contributed by atoms with E-state index < -0.39 is 0 Å². The normalized spacial score (nSPS) is 13.5. The lowest BCUT2D eigenvalue weighted by atomic mass is 10.0. The Hall–Kier alpha value is -1.51. The van der Waals surface area contributed by atoms with Crippen LogP contribution in [-0.2, 0) is 0 Å². The quantitative estimate of drug-likeness (QED) is 0.579. The highest BCUT2D eigenvalue weighted by atomic mass is 16.6. The summed E-state index contributed by atoms with van der Waals surface area (Å²) in [5, 5.41) is 0. The number of ketones is 1. The van der Waals surface area contributed by atoms with E-state index in [-0.39, 0.29) is 5.78 Å². The highest BCUT2D eigenvalue weighted by molar-refractivity contribution is 5.99. The van der Waals surface area contributed by atoms with Gasteiger partial charge in [0.1, 0.15) is 13.2 Å². The molecule has 1 aliphatic heterocycles. The maximum atomic E-state index is 12.1. The standard InChI is InChI=1S/C14H18O3/c1-2-3-4-7-12(15)11-6-5-8-13-14(11)17-10-9-16-13/h5-6,8H,2-4,7,9-10H2,1H3. The first kappa shape index (κ1) is 12.0. The smallest absolute Gasteiger partial charge is 0.172 e. The maximum absolute atomic E-state index is 12.1. The molecule has 0 N–H and O–H groups in total. The Balaban J connectivity index is 2.12. The molecule has 0 aromatic heterocycles. The van der Waals surface area contributed by atoms with Crippen LogP contribution in [0.4, 0.5) is 0 Å². The van der Waals surface area contributed by atoms with Crippen molar-refractivity contribution in [3.05, 3.63) is 23.8 Å². The van der Waals surface area contributed by atoms with E-state index in [0.29, 0.717) is 36.7 Å². The zero-order valence-corrected chi connectivity index (χ0v) is 10.2. The first-order valence-electron chi connectivity index (χ1n) is 6.24. The number of hydrogen-bond acceptors (Lipinski definition) is 3. The second-order valence-corrected chi connectivity index (χ2v) is 4.21. The van der Waals surface area contributed by atoms with Crippen molar-refractivity contribution < 1.29 is 14.3 Å². The van der Waals surface area contributed by atoms with Crippen LogP contribution in [0.25, 0.3) is 0 Å². The van der Waals surface area contributed by atoms with Crippen LogP contribution in [0.1, 0.15) is 43.0 Å². The van der Waals surface area contributed by atoms with Gasteiger partial charge in [0, 0.05) is 6.42 Å². The van der Waals surface area contributed by atoms with Crippen molar-refractivity contribution in [2.75, 3.05) is 13.2 Å². The van der Waals surface area contributed by atoms with Gasteiger partial charge in [-0.3, -0.25) is 4.79 Å². The minimum Gasteiger partial charge on any atom is -0.486 e. The number of fused-ring (bicyclic) bond motifs is 1. The third-order valence-corrected chi connectivity index (χ3v) is 2.87. The van der Waals surface area contributed by atoms with Crippen molar-refractivity contribution in [1.82, 2.24) is 0 Å². The van der Waals surface area contributed by atoms with Crippen molar-refractivity contribution in [3.63, 3.8) is 0 Å². The molecule has 3 heteroatoms. The van der Waals surface area contributed by atoms with Gasteiger partial charge < -0.3 is 9.47 Å². The second-order valence-electron chi connectivity index (χ2n) is 4.21. The molecule has 0 radical (unpaired) electrons. The van der Waals surface area contributed by atoms with Crippen molar-refractivity contribution in [3.8, 4) is 11.5 Å². The maximum Gasteiger partial charge on any atom is 0.172 e. The number of ether oxygens (including phenoxy) is 2. The molecule has 1 aromatic rings. The van der Waals surface area contributed by atoms with E-state index in [1.54, 1.807) is 0 Å². The highest BCUT2D eigenvalue weighted by Crippen LogP contribution is 2.34. The van der Waals surface area contributed by atoms with Gasteiger partial charge in [-0.15, -0.1) is 0 Å². The van der Waals surface area contributed by atoms with Crippen LogP contribution in [0, 0.1) is 0 Å². The number of carbonyl (C=O) groups is 1. The molecule has 17 heavy (non-hydrogen) atoms. The lowest BCUT2D eigenvalue weighted by Crippen LogP contribution is -2.17. The molecule has 0 spiro atoms. The SMILES string of the molecule is CCCCCC(=O)c1cccc2c1OCCO2. The Labute approximate surface area is 102 Å². The van der Waals surface area contributed by atoms with Gasteiger partial charge in [0.15, 0.2) is 17.3 Å². The molecule has 0 atom stereocenters. The summed E-state index contributed by atoms with van der Waals surface area (Å²) >= 11 is 0. The Morgan fingerprint density at radius 2 is 2.06 bits per heavy atom. The zero-order chi connectivity index (χ0) is 12.1. The van der Waals surface area contributed by atoms with Gasteiger partial charge in [-0.1, -0.05) is 25.8 Å². The van der Waals surface area contributed by atoms with Crippen LogP contribution >= 0.6 is 0 Å². The highest BCUT2D eigenvalue weighted by Gasteiger charge is 2.19. The molecule has 3 nitrogen and oxygen atoms in total. The molecule has 0 saturated carbocycles. The summed E-state index contributed by atoms with van der Waals surface area (Å²) in [5.74, 6) is 1.47. The van der Waals surface area contributed by atoms with Crippen LogP contribution in [-0.4, -0.2) is 19.0 Å². The fraction of sp³-hybridized carbons (Fsp3) is 0.500. The van der Waals surface area contributed by atoms with Crippen LogP contribution in [0.15, 0.2) is 18.2 Å². The lowest BCUT2D eigenvalue weighted by molar-refractivity contribution is 0.0968. The minimum absolute atomic E-state index is 0.154. The summed E-state index contributed by atoms with van der Waals surface area (Å²) in [7, 11) is 0. The number of carbonyl (C=O) groups excluding carboxylic acids is 1. The van der Waals surface area contributed by atoms with Gasteiger partial charge >= 0.3 is 0 Å². The Morgan fingerprint density at radius 1 is 1.24 bits per heavy atom. The Morgan fingerprint density at radius 3 is 2.88 bits per heavy atom. The largest absolute Gasteiger partial charge is 0.486 e. The van der Waals surface area contributed by atoms with Crippen LogP contribution in [0.3, 0.4) is 0 Å². The summed E-state index contributed by atoms with van der Waals surface area (Å²) in [6, 6.07) is 5.51. The average molecular weight is 234 g/mol. The summed E-state index contributed by atoms with van der Waals surface area (Å²) in [6.45, 7) is 3.21. The molecule has 1 aliphatic rings. The molecule has 1 aromatic carbocycles. The van der Waals surface area contributed by atoms with Crippen molar-refractivity contribution >= 4 is 5.78 Å². The van der Waals surface area contributed by atoms with E-state index in [4.69, 9.17) is 9.47 Å². The lowest BCUT2D eigenvalue weighted by Gasteiger charge is -2.20. The molecule has 0 bridgehead atoms. The molecular formula is C14H18O3. The monoisotopic (exact) mass is 234 g/mol. The predicted molar refractivity (Wildman–Crippen MR) is 65.9 cm³/mol. The number of para-hydroxylation sites is 1. The van der Waals surface area contributed by atoms with Crippen molar-refractivity contribution in [2.45, 2.75) is 32.6 Å². The fourth-order valence-corrected chi connectivity index (χ4v) is 1.96. The molecule has 2 rings (SSSR count). The molecule has 0 unspecified atom stereocenters. The van der Waals surface area contributed by atoms with Gasteiger partial charge in [0.25, 0.3) is 0 Å². The third kappa shape index (κ3) is 2.78. The van der Waals surface area contributed by atoms with Gasteiger partial charge in [-0.05, 0) is 18.6 Å². The predicted octanol–water partition coefficient (Wildman–Crippen LogP) is 3.22. The van der Waals surface area contributed by atoms with E-state index >= 15 is 0 Å². The van der Waals surface area contributed by atoms with Gasteiger partial charge in [0.2, 0.25) is 0 Å². The van der Waals surface area contributed by atoms with Crippen LogP contribution in [0.5, 0.6) is 11.5 Å². The molecule has 0 fully saturated rings. The summed E-state index contributed by atoms with van der Waals surface area (Å²) < 4.78 is 11.0. The Bertz CT molecular complexity index is 398. The summed E-state index contributed by atoms with van der Waals surface area (Å²) in [6.07, 6.45) is 3.76. The summed E-state index contributed by atoms with van der Waals surface area (Å²) in [5.41, 5.74) is 0.665. The van der Waals surface area contributed by atoms with Crippen molar-refractivity contribution in [2.24, 2.45) is 0 Å². The van der Waals surface area contributed by atoms with Crippen molar-refractivity contribution in [1.29, 1.82) is 0 Å². The molecule has 92 valence electrons. The fourth-order valence-electron chi connectivity index (χ4n) is 1.96. The number of hydrogen-bond donors (Lipinski definition) is 0. The molecule has 0 aliphatic carbocycles. The molecule has 0 amide bonds. The zero-order valence-electron chi connectivity index (χ0n) is 10.2. The average Bonchev–Trinajstić information content (AvgIpc) is 2.38. The minimum atomic E-state index is 0.154. The molecule has 1 heterocycles. The number of Topliss-reactive ketones (excluding diaryl/α,β-unsaturated/α-hetero) is 1. The molecule has 0 saturated heterocycles. The Kier molecular flexibility index (Phi) is 4.02. The van der Waals surface area contributed by atoms with E-state index in [9.17, 15) is 4.79 Å². The van der Waals surface area contributed by atoms with Gasteiger partial charge in [0.05, 0.1) is 5.56 Å². The second kappa shape index (κ2) is 5.71. The number of unbranched alkanes of at least 4 members (excludes halogenated alkanes) is 2. The summed E-state index contributed by atoms with van der Waals surface area (Å²) in [4.78, 5) is 12.1. The van der Waals surface area contributed by atoms with E-state index in [1.807, 2.05) is 18.2 Å². The first-order valence-corrected chi connectivity index (χ1v) is 6.24. The van der Waals surface area contributed by atoms with Crippen LogP contribution in [0.2, 0.25) is 0 Å². The van der Waals surface area contributed by atoms with Crippen LogP contribution < -0.4 is 9.47 Å². The van der Waals surface area contributed by atoms with Gasteiger partial charge in [-0.2, -0.15) is 0 Å². The first-order chi connectivity index (χ1) is 8.33. The topological polar surface area (TPSA) is 35.5 Å².